The van der Waals surface area contributed by atoms with Crippen LogP contribution in [0, 0.1) is 22.5 Å². The van der Waals surface area contributed by atoms with Crippen LogP contribution in [0.2, 0.25) is 20.1 Å². The van der Waals surface area contributed by atoms with Gasteiger partial charge in [-0.25, -0.2) is 0 Å². The number of alkyl halides is 1. The van der Waals surface area contributed by atoms with Crippen LogP contribution in [-0.4, -0.2) is 21.6 Å². The summed E-state index contributed by atoms with van der Waals surface area (Å²) in [6, 6.07) is 9.75. The molecule has 0 aromatic heterocycles. The quantitative estimate of drug-likeness (QED) is 0.158. The molecule has 2 rings (SSSR count). The van der Waals surface area contributed by atoms with E-state index in [0.29, 0.717) is 49.5 Å². The first-order valence-corrected chi connectivity index (χ1v) is 13.8. The zero-order valence-electron chi connectivity index (χ0n) is 19.2. The van der Waals surface area contributed by atoms with E-state index in [1.807, 2.05) is 19.2 Å². The van der Waals surface area contributed by atoms with Gasteiger partial charge >= 0.3 is 0 Å². The van der Waals surface area contributed by atoms with Crippen LogP contribution in [0.15, 0.2) is 36.4 Å². The van der Waals surface area contributed by atoms with Gasteiger partial charge in [0.15, 0.2) is 11.6 Å². The lowest BCUT2D eigenvalue weighted by Crippen LogP contribution is -2.19. The van der Waals surface area contributed by atoms with Crippen LogP contribution in [0.4, 0.5) is 0 Å². The summed E-state index contributed by atoms with van der Waals surface area (Å²) >= 11 is 27.8. The molecule has 34 heavy (non-hydrogen) atoms. The Hall–Kier alpha value is -0.740. The average Bonchev–Trinajstić information content (AvgIpc) is 2.76. The molecule has 0 aliphatic carbocycles. The van der Waals surface area contributed by atoms with Crippen LogP contribution >= 0.6 is 74.1 Å². The number of Topliss-reactive ketones (excluding diaryl/α,β-unsaturated/α-hetero) is 2. The average molecular weight is 626 g/mol. The summed E-state index contributed by atoms with van der Waals surface area (Å²) in [7, 11) is 0. The van der Waals surface area contributed by atoms with Gasteiger partial charge in [-0.2, -0.15) is 5.26 Å². The molecule has 0 heterocycles. The summed E-state index contributed by atoms with van der Waals surface area (Å²) in [6.45, 7) is 8.20. The molecule has 2 atom stereocenters. The van der Waals surface area contributed by atoms with Crippen molar-refractivity contribution in [1.82, 2.24) is 0 Å². The highest BCUT2D eigenvalue weighted by Crippen LogP contribution is 2.28. The molecule has 0 aliphatic rings. The predicted molar refractivity (Wildman–Crippen MR) is 150 cm³/mol. The lowest BCUT2D eigenvalue weighted by Gasteiger charge is -2.14. The highest BCUT2D eigenvalue weighted by atomic mass is 79.9. The Kier molecular flexibility index (Phi) is 14.2. The molecule has 2 aromatic carbocycles. The first kappa shape index (κ1) is 31.3. The van der Waals surface area contributed by atoms with E-state index in [1.54, 1.807) is 36.4 Å². The van der Waals surface area contributed by atoms with Crippen molar-refractivity contribution in [1.29, 1.82) is 5.26 Å². The topological polar surface area (TPSA) is 57.9 Å². The van der Waals surface area contributed by atoms with Crippen LogP contribution in [-0.2, 0) is 0 Å². The van der Waals surface area contributed by atoms with Crippen molar-refractivity contribution in [3.63, 3.8) is 0 Å². The minimum absolute atomic E-state index is 0.0484. The Morgan fingerprint density at radius 3 is 1.65 bits per heavy atom. The number of nitrogens with zero attached hydrogens (tertiary/aromatic N) is 1. The number of hydrogen-bond donors (Lipinski definition) is 0. The van der Waals surface area contributed by atoms with Gasteiger partial charge in [0.25, 0.3) is 0 Å². The van der Waals surface area contributed by atoms with Gasteiger partial charge in [-0.05, 0) is 72.8 Å². The molecular formula is C25H26BrCl4NO2S. The molecule has 9 heteroatoms. The number of thiocyanates is 1. The molecule has 2 unspecified atom stereocenters. The summed E-state index contributed by atoms with van der Waals surface area (Å²) in [5.74, 6) is 0.791. The zero-order valence-corrected chi connectivity index (χ0v) is 24.7. The van der Waals surface area contributed by atoms with Crippen molar-refractivity contribution in [3.8, 4) is 5.40 Å². The Morgan fingerprint density at radius 1 is 0.824 bits per heavy atom. The van der Waals surface area contributed by atoms with Gasteiger partial charge in [0, 0.05) is 11.1 Å². The maximum Gasteiger partial charge on any atom is 0.176 e. The van der Waals surface area contributed by atoms with E-state index in [-0.39, 0.29) is 21.6 Å². The van der Waals surface area contributed by atoms with Crippen LogP contribution < -0.4 is 0 Å². The second kappa shape index (κ2) is 15.4. The second-order valence-corrected chi connectivity index (χ2v) is 12.1. The van der Waals surface area contributed by atoms with Crippen molar-refractivity contribution >= 4 is 85.7 Å². The number of benzene rings is 2. The number of carbonyl (C=O) groups excluding carboxylic acids is 2. The lowest BCUT2D eigenvalue weighted by atomic mass is 10.0. The molecule has 184 valence electrons. The van der Waals surface area contributed by atoms with Crippen molar-refractivity contribution in [2.45, 2.75) is 50.6 Å². The van der Waals surface area contributed by atoms with Gasteiger partial charge in [-0.15, -0.1) is 0 Å². The van der Waals surface area contributed by atoms with Crippen molar-refractivity contribution in [3.05, 3.63) is 67.6 Å². The van der Waals surface area contributed by atoms with E-state index >= 15 is 0 Å². The van der Waals surface area contributed by atoms with Crippen LogP contribution in [0.1, 0.15) is 61.3 Å². The van der Waals surface area contributed by atoms with Crippen LogP contribution in [0.5, 0.6) is 0 Å². The highest BCUT2D eigenvalue weighted by molar-refractivity contribution is 9.10. The molecule has 0 bridgehead atoms. The fraction of sp³-hybridized carbons (Fsp3) is 0.400. The molecule has 3 nitrogen and oxygen atoms in total. The fourth-order valence-electron chi connectivity index (χ4n) is 2.89. The zero-order chi connectivity index (χ0) is 26.0. The summed E-state index contributed by atoms with van der Waals surface area (Å²) in [6.07, 6.45) is 1.47. The Morgan fingerprint density at radius 2 is 1.26 bits per heavy atom. The van der Waals surface area contributed by atoms with Gasteiger partial charge in [0.2, 0.25) is 0 Å². The van der Waals surface area contributed by atoms with E-state index in [9.17, 15) is 9.59 Å². The Bertz CT molecular complexity index is 1040. The van der Waals surface area contributed by atoms with Gasteiger partial charge in [0.1, 0.15) is 5.40 Å². The van der Waals surface area contributed by atoms with E-state index < -0.39 is 0 Å². The van der Waals surface area contributed by atoms with E-state index in [4.69, 9.17) is 51.7 Å². The van der Waals surface area contributed by atoms with Gasteiger partial charge in [0.05, 0.1) is 30.2 Å². The van der Waals surface area contributed by atoms with Crippen LogP contribution in [0.25, 0.3) is 0 Å². The summed E-state index contributed by atoms with van der Waals surface area (Å²) in [5.41, 5.74) is 1.09. The maximum absolute atomic E-state index is 12.3. The Balaban J connectivity index is 0.000000342. The van der Waals surface area contributed by atoms with Gasteiger partial charge in [-0.3, -0.25) is 9.59 Å². The monoisotopic (exact) mass is 623 g/mol. The summed E-state index contributed by atoms with van der Waals surface area (Å²) in [5, 5.41) is 12.0. The molecule has 0 N–H and O–H groups in total. The number of thioether (sulfide) groups is 1. The number of hydrogen-bond acceptors (Lipinski definition) is 4. The highest BCUT2D eigenvalue weighted by Gasteiger charge is 2.22. The van der Waals surface area contributed by atoms with E-state index in [2.05, 4.69) is 29.8 Å². The Labute approximate surface area is 234 Å². The van der Waals surface area contributed by atoms with Gasteiger partial charge < -0.3 is 0 Å². The maximum atomic E-state index is 12.3. The number of ketones is 2. The minimum Gasteiger partial charge on any atom is -0.293 e. The summed E-state index contributed by atoms with van der Waals surface area (Å²) in [4.78, 5) is 24.1. The third-order valence-electron chi connectivity index (χ3n) is 4.54. The van der Waals surface area contributed by atoms with Crippen molar-refractivity contribution < 1.29 is 9.59 Å². The first-order valence-electron chi connectivity index (χ1n) is 10.5. The van der Waals surface area contributed by atoms with Gasteiger partial charge in [-0.1, -0.05) is 90.0 Å². The molecule has 0 saturated carbocycles. The third kappa shape index (κ3) is 10.5. The normalized spacial score (nSPS) is 12.5. The number of nitriles is 1. The molecule has 0 aliphatic heterocycles. The second-order valence-electron chi connectivity index (χ2n) is 8.41. The summed E-state index contributed by atoms with van der Waals surface area (Å²) < 4.78 is 0. The molecule has 0 saturated heterocycles. The molecular weight excluding hydrogens is 600 g/mol. The number of carbonyl (C=O) groups is 2. The number of rotatable bonds is 9. The smallest absolute Gasteiger partial charge is 0.176 e. The minimum atomic E-state index is -0.354. The lowest BCUT2D eigenvalue weighted by molar-refractivity contribution is 0.0976. The first-order chi connectivity index (χ1) is 15.9. The molecule has 2 aromatic rings. The van der Waals surface area contributed by atoms with E-state index in [0.717, 1.165) is 18.2 Å². The number of halogens is 5. The predicted octanol–water partition coefficient (Wildman–Crippen LogP) is 9.79. The third-order valence-corrected chi connectivity index (χ3v) is 7.61. The van der Waals surface area contributed by atoms with Crippen LogP contribution in [0.3, 0.4) is 0 Å². The molecule has 0 fully saturated rings. The molecule has 0 amide bonds. The molecule has 0 spiro atoms. The largest absolute Gasteiger partial charge is 0.293 e. The van der Waals surface area contributed by atoms with Crippen molar-refractivity contribution in [2.24, 2.45) is 11.8 Å². The SMILES string of the molecule is CC(C)CC(Br)C(=O)c1ccc(Cl)c(Cl)c1.CC(C)CC(SC#N)C(=O)c1ccc(Cl)c(Cl)c1. The molecule has 0 radical (unpaired) electrons. The van der Waals surface area contributed by atoms with E-state index in [1.165, 1.54) is 0 Å². The fourth-order valence-corrected chi connectivity index (χ4v) is 5.35. The van der Waals surface area contributed by atoms with Crippen molar-refractivity contribution in [2.75, 3.05) is 0 Å². The standard InChI is InChI=1S/C13H13Cl2NOS.C12H13BrCl2O/c1-8(2)5-12(18-7-16)13(17)9-3-4-10(14)11(15)6-9;1-7(2)5-9(13)12(16)8-3-4-10(14)11(15)6-8/h3-4,6,8,12H,5H2,1-2H3;3-4,6-7,9H,5H2,1-2H3.